The zero-order valence-corrected chi connectivity index (χ0v) is 5.73. The molecule has 0 bridgehead atoms. The first-order valence-electron chi connectivity index (χ1n) is 3.72. The summed E-state index contributed by atoms with van der Waals surface area (Å²) in [7, 11) is 0. The summed E-state index contributed by atoms with van der Waals surface area (Å²) in [5.41, 5.74) is 0. The third kappa shape index (κ3) is 0.666. The minimum atomic E-state index is 0.170. The Kier molecular flexibility index (Phi) is 1.23. The van der Waals surface area contributed by atoms with Crippen molar-refractivity contribution in [2.45, 2.75) is 6.42 Å². The van der Waals surface area contributed by atoms with Gasteiger partial charge in [0.25, 0.3) is 0 Å². The number of rotatable bonds is 1. The minimum absolute atomic E-state index is 0.170. The molecule has 0 saturated heterocycles. The van der Waals surface area contributed by atoms with Crippen LogP contribution in [0.15, 0.2) is 24.3 Å². The highest BCUT2D eigenvalue weighted by molar-refractivity contribution is 5.59. The van der Waals surface area contributed by atoms with Crippen molar-refractivity contribution < 1.29 is 4.79 Å². The van der Waals surface area contributed by atoms with E-state index in [1.54, 1.807) is 0 Å². The van der Waals surface area contributed by atoms with Gasteiger partial charge in [0.1, 0.15) is 6.29 Å². The fourth-order valence-electron chi connectivity index (χ4n) is 1.85. The smallest absolute Gasteiger partial charge is 0.127 e. The molecule has 0 fully saturated rings. The van der Waals surface area contributed by atoms with Gasteiger partial charge in [0, 0.05) is 5.92 Å². The molecule has 1 nitrogen and oxygen atoms in total. The van der Waals surface area contributed by atoms with Crippen LogP contribution in [0.25, 0.3) is 0 Å². The lowest BCUT2D eigenvalue weighted by Gasteiger charge is -2.10. The molecular weight excluding hydrogens is 124 g/mol. The molecule has 0 aromatic rings. The molecule has 2 aliphatic carbocycles. The van der Waals surface area contributed by atoms with Crippen LogP contribution < -0.4 is 0 Å². The normalized spacial score (nSPS) is 42.2. The number of hydrogen-bond acceptors (Lipinski definition) is 1. The van der Waals surface area contributed by atoms with Crippen molar-refractivity contribution in [1.29, 1.82) is 0 Å². The fraction of sp³-hybridized carbons (Fsp3) is 0.444. The van der Waals surface area contributed by atoms with Gasteiger partial charge in [-0.3, -0.25) is 0 Å². The summed E-state index contributed by atoms with van der Waals surface area (Å²) in [4.78, 5) is 10.5. The van der Waals surface area contributed by atoms with Crippen molar-refractivity contribution in [3.05, 3.63) is 24.3 Å². The second-order valence-corrected chi connectivity index (χ2v) is 3.00. The minimum Gasteiger partial charge on any atom is -0.303 e. The first kappa shape index (κ1) is 5.90. The van der Waals surface area contributed by atoms with E-state index in [9.17, 15) is 4.79 Å². The first-order chi connectivity index (χ1) is 4.92. The number of hydrogen-bond donors (Lipinski definition) is 0. The van der Waals surface area contributed by atoms with E-state index in [2.05, 4.69) is 18.2 Å². The van der Waals surface area contributed by atoms with E-state index in [1.165, 1.54) is 0 Å². The van der Waals surface area contributed by atoms with Crippen molar-refractivity contribution in [3.8, 4) is 0 Å². The molecule has 52 valence electrons. The lowest BCUT2D eigenvalue weighted by molar-refractivity contribution is -0.110. The Balaban J connectivity index is 2.20. The van der Waals surface area contributed by atoms with Crippen molar-refractivity contribution in [2.75, 3.05) is 0 Å². The molecule has 0 aliphatic heterocycles. The summed E-state index contributed by atoms with van der Waals surface area (Å²) in [5, 5.41) is 0. The molecule has 0 amide bonds. The standard InChI is InChI=1S/C9H10O/c10-6-8-5-4-7-2-1-3-9(7)8/h1,3-9H,2H2/t7-,8+,9-/m0/s1. The Morgan fingerprint density at radius 2 is 2.20 bits per heavy atom. The van der Waals surface area contributed by atoms with Crippen molar-refractivity contribution in [3.63, 3.8) is 0 Å². The van der Waals surface area contributed by atoms with E-state index >= 15 is 0 Å². The van der Waals surface area contributed by atoms with E-state index in [0.717, 1.165) is 12.7 Å². The highest BCUT2D eigenvalue weighted by atomic mass is 16.1. The summed E-state index contributed by atoms with van der Waals surface area (Å²) in [6.07, 6.45) is 10.7. The molecule has 2 rings (SSSR count). The molecule has 0 spiro atoms. The van der Waals surface area contributed by atoms with Crippen LogP contribution in [0, 0.1) is 17.8 Å². The maximum atomic E-state index is 10.5. The van der Waals surface area contributed by atoms with E-state index in [1.807, 2.05) is 6.08 Å². The zero-order chi connectivity index (χ0) is 6.97. The molecule has 0 saturated carbocycles. The molecular formula is C9H10O. The fourth-order valence-corrected chi connectivity index (χ4v) is 1.85. The highest BCUT2D eigenvalue weighted by Gasteiger charge is 2.31. The summed E-state index contributed by atoms with van der Waals surface area (Å²) < 4.78 is 0. The summed E-state index contributed by atoms with van der Waals surface area (Å²) in [5.74, 6) is 1.30. The van der Waals surface area contributed by atoms with Gasteiger partial charge in [-0.05, 0) is 18.3 Å². The summed E-state index contributed by atoms with van der Waals surface area (Å²) in [6, 6.07) is 0. The van der Waals surface area contributed by atoms with E-state index in [-0.39, 0.29) is 5.92 Å². The van der Waals surface area contributed by atoms with Gasteiger partial charge in [-0.2, -0.15) is 0 Å². The quantitative estimate of drug-likeness (QED) is 0.393. The van der Waals surface area contributed by atoms with Gasteiger partial charge in [-0.15, -0.1) is 0 Å². The second kappa shape index (κ2) is 2.08. The average Bonchev–Trinajstić information content (AvgIpc) is 2.44. The molecule has 0 aromatic carbocycles. The molecule has 0 aromatic heterocycles. The van der Waals surface area contributed by atoms with Crippen LogP contribution in [0.5, 0.6) is 0 Å². The number of aldehydes is 1. The monoisotopic (exact) mass is 134 g/mol. The number of fused-ring (bicyclic) bond motifs is 1. The Bertz CT molecular complexity index is 203. The summed E-state index contributed by atoms with van der Waals surface area (Å²) >= 11 is 0. The van der Waals surface area contributed by atoms with Crippen LogP contribution in [-0.4, -0.2) is 6.29 Å². The third-order valence-electron chi connectivity index (χ3n) is 2.44. The lowest BCUT2D eigenvalue weighted by Crippen LogP contribution is -2.10. The zero-order valence-electron chi connectivity index (χ0n) is 5.73. The van der Waals surface area contributed by atoms with Crippen LogP contribution in [0.1, 0.15) is 6.42 Å². The van der Waals surface area contributed by atoms with Gasteiger partial charge >= 0.3 is 0 Å². The van der Waals surface area contributed by atoms with E-state index < -0.39 is 0 Å². The SMILES string of the molecule is O=C[C@H]1C=C[C@@H]2CC=C[C@H]12. The highest BCUT2D eigenvalue weighted by Crippen LogP contribution is 2.37. The Morgan fingerprint density at radius 3 is 3.00 bits per heavy atom. The number of carbonyl (C=O) groups is 1. The topological polar surface area (TPSA) is 17.1 Å². The van der Waals surface area contributed by atoms with Crippen molar-refractivity contribution in [1.82, 2.24) is 0 Å². The van der Waals surface area contributed by atoms with Gasteiger partial charge < -0.3 is 4.79 Å². The molecule has 2 aliphatic rings. The van der Waals surface area contributed by atoms with Crippen LogP contribution in [0.3, 0.4) is 0 Å². The maximum absolute atomic E-state index is 10.5. The molecule has 0 unspecified atom stereocenters. The first-order valence-corrected chi connectivity index (χ1v) is 3.72. The number of allylic oxidation sites excluding steroid dienone is 4. The molecule has 3 atom stereocenters. The van der Waals surface area contributed by atoms with Gasteiger partial charge in [0.05, 0.1) is 0 Å². The van der Waals surface area contributed by atoms with Gasteiger partial charge in [0.2, 0.25) is 0 Å². The van der Waals surface area contributed by atoms with Crippen LogP contribution in [0.4, 0.5) is 0 Å². The predicted molar refractivity (Wildman–Crippen MR) is 39.4 cm³/mol. The van der Waals surface area contributed by atoms with E-state index in [4.69, 9.17) is 0 Å². The summed E-state index contributed by atoms with van der Waals surface area (Å²) in [6.45, 7) is 0. The third-order valence-corrected chi connectivity index (χ3v) is 2.44. The molecule has 10 heavy (non-hydrogen) atoms. The maximum Gasteiger partial charge on any atom is 0.127 e. The van der Waals surface area contributed by atoms with E-state index in [0.29, 0.717) is 11.8 Å². The molecule has 1 heteroatoms. The van der Waals surface area contributed by atoms with Crippen LogP contribution >= 0.6 is 0 Å². The largest absolute Gasteiger partial charge is 0.303 e. The molecule has 0 radical (unpaired) electrons. The van der Waals surface area contributed by atoms with Crippen molar-refractivity contribution in [2.24, 2.45) is 17.8 Å². The second-order valence-electron chi connectivity index (χ2n) is 3.00. The van der Waals surface area contributed by atoms with Crippen molar-refractivity contribution >= 4 is 6.29 Å². The van der Waals surface area contributed by atoms with Gasteiger partial charge in [-0.1, -0.05) is 24.3 Å². The molecule has 0 N–H and O–H groups in total. The Morgan fingerprint density at radius 1 is 1.30 bits per heavy atom. The Labute approximate surface area is 60.4 Å². The predicted octanol–water partition coefficient (Wildman–Crippen LogP) is 1.56. The Hall–Kier alpha value is -0.850. The van der Waals surface area contributed by atoms with Crippen LogP contribution in [0.2, 0.25) is 0 Å². The number of carbonyl (C=O) groups excluding carboxylic acids is 1. The molecule has 0 heterocycles. The van der Waals surface area contributed by atoms with Gasteiger partial charge in [-0.25, -0.2) is 0 Å². The average molecular weight is 134 g/mol. The van der Waals surface area contributed by atoms with Gasteiger partial charge in [0.15, 0.2) is 0 Å². The van der Waals surface area contributed by atoms with Crippen LogP contribution in [-0.2, 0) is 4.79 Å². The lowest BCUT2D eigenvalue weighted by atomic mass is 9.92.